The van der Waals surface area contributed by atoms with Crippen LogP contribution in [0.1, 0.15) is 12.5 Å². The van der Waals surface area contributed by atoms with Gasteiger partial charge in [-0.05, 0) is 6.92 Å². The topological polar surface area (TPSA) is 21.7 Å². The van der Waals surface area contributed by atoms with Crippen LogP contribution in [0.15, 0.2) is 30.3 Å². The first-order chi connectivity index (χ1) is 9.07. The van der Waals surface area contributed by atoms with E-state index >= 15 is 0 Å². The van der Waals surface area contributed by atoms with E-state index in [0.717, 1.165) is 0 Å². The lowest BCUT2D eigenvalue weighted by Crippen LogP contribution is -2.55. The van der Waals surface area contributed by atoms with Gasteiger partial charge in [-0.25, -0.2) is 0 Å². The van der Waals surface area contributed by atoms with E-state index in [2.05, 4.69) is 0 Å². The van der Waals surface area contributed by atoms with Gasteiger partial charge in [0.2, 0.25) is 0 Å². The third-order valence-corrected chi connectivity index (χ3v) is 3.41. The summed E-state index contributed by atoms with van der Waals surface area (Å²) in [4.78, 5) is 1.66. The van der Waals surface area contributed by atoms with Crippen LogP contribution in [0.25, 0.3) is 0 Å². The van der Waals surface area contributed by atoms with Crippen molar-refractivity contribution in [3.8, 4) is 0 Å². The van der Waals surface area contributed by atoms with Gasteiger partial charge < -0.3 is 9.47 Å². The number of benzene rings is 1. The molecule has 0 amide bonds. The summed E-state index contributed by atoms with van der Waals surface area (Å²) >= 11 is 0. The number of ether oxygens (including phenoxy) is 2. The van der Waals surface area contributed by atoms with Gasteiger partial charge in [-0.15, -0.1) is 0 Å². The van der Waals surface area contributed by atoms with Gasteiger partial charge in [0.15, 0.2) is 6.23 Å². The molecule has 1 unspecified atom stereocenters. The second-order valence-electron chi connectivity index (χ2n) is 4.74. The third-order valence-electron chi connectivity index (χ3n) is 3.41. The Morgan fingerprint density at radius 2 is 2.05 bits per heavy atom. The van der Waals surface area contributed by atoms with Crippen LogP contribution in [0, 0.1) is 0 Å². The molecule has 1 saturated heterocycles. The number of hydrogen-bond acceptors (Lipinski definition) is 3. The lowest BCUT2D eigenvalue weighted by atomic mass is 10.0. The van der Waals surface area contributed by atoms with Gasteiger partial charge in [0, 0.05) is 25.3 Å². The summed E-state index contributed by atoms with van der Waals surface area (Å²) in [5, 5.41) is 0. The fourth-order valence-corrected chi connectivity index (χ4v) is 2.38. The predicted octanol–water partition coefficient (Wildman–Crippen LogP) is 2.47. The van der Waals surface area contributed by atoms with Gasteiger partial charge in [0.1, 0.15) is 0 Å². The zero-order chi connectivity index (χ0) is 13.9. The highest BCUT2D eigenvalue weighted by Gasteiger charge is 2.47. The van der Waals surface area contributed by atoms with Crippen LogP contribution in [-0.4, -0.2) is 44.0 Å². The van der Waals surface area contributed by atoms with Crippen molar-refractivity contribution in [2.75, 3.05) is 26.9 Å². The molecule has 1 aromatic rings. The third kappa shape index (κ3) is 2.94. The molecule has 5 heteroatoms. The van der Waals surface area contributed by atoms with Gasteiger partial charge in [-0.3, -0.25) is 4.90 Å². The van der Waals surface area contributed by atoms with E-state index in [4.69, 9.17) is 9.47 Å². The Balaban J connectivity index is 2.25. The maximum Gasteiger partial charge on any atom is 0.312 e. The Hall–Kier alpha value is -1.04. The molecule has 1 aromatic carbocycles. The van der Waals surface area contributed by atoms with Crippen LogP contribution in [0.5, 0.6) is 0 Å². The predicted molar refractivity (Wildman–Crippen MR) is 68.1 cm³/mol. The van der Waals surface area contributed by atoms with E-state index in [0.29, 0.717) is 19.8 Å². The highest BCUT2D eigenvalue weighted by atomic mass is 19.3. The monoisotopic (exact) mass is 271 g/mol. The van der Waals surface area contributed by atoms with E-state index in [-0.39, 0.29) is 11.6 Å². The molecule has 0 saturated carbocycles. The number of morpholine rings is 1. The largest absolute Gasteiger partial charge is 0.379 e. The van der Waals surface area contributed by atoms with Gasteiger partial charge >= 0.3 is 5.92 Å². The van der Waals surface area contributed by atoms with E-state index in [9.17, 15) is 8.78 Å². The summed E-state index contributed by atoms with van der Waals surface area (Å²) in [6.07, 6.45) is -1.27. The van der Waals surface area contributed by atoms with E-state index in [1.165, 1.54) is 19.2 Å². The van der Waals surface area contributed by atoms with Crippen molar-refractivity contribution < 1.29 is 18.3 Å². The minimum atomic E-state index is -3.05. The molecule has 2 rings (SSSR count). The molecule has 0 spiro atoms. The molecular weight excluding hydrogens is 252 g/mol. The maximum atomic E-state index is 14.6. The van der Waals surface area contributed by atoms with Gasteiger partial charge in [0.25, 0.3) is 0 Å². The first-order valence-corrected chi connectivity index (χ1v) is 6.37. The van der Waals surface area contributed by atoms with Crippen LogP contribution in [0.2, 0.25) is 0 Å². The number of halogens is 2. The van der Waals surface area contributed by atoms with Crippen molar-refractivity contribution in [2.24, 2.45) is 0 Å². The highest BCUT2D eigenvalue weighted by molar-refractivity contribution is 5.21. The first kappa shape index (κ1) is 14.4. The SMILES string of the molecule is COC(N1CCOC[C@@H]1C)C(F)(F)c1ccccc1. The zero-order valence-corrected chi connectivity index (χ0v) is 11.2. The molecule has 0 N–H and O–H groups in total. The number of hydrogen-bond donors (Lipinski definition) is 0. The van der Waals surface area contributed by atoms with Crippen molar-refractivity contribution in [2.45, 2.75) is 25.1 Å². The summed E-state index contributed by atoms with van der Waals surface area (Å²) in [7, 11) is 1.32. The number of alkyl halides is 2. The lowest BCUT2D eigenvalue weighted by molar-refractivity contribution is -0.220. The Bertz CT molecular complexity index is 400. The molecule has 3 nitrogen and oxygen atoms in total. The fourth-order valence-electron chi connectivity index (χ4n) is 2.38. The average Bonchev–Trinajstić information content (AvgIpc) is 2.42. The number of rotatable bonds is 4. The van der Waals surface area contributed by atoms with Crippen LogP contribution < -0.4 is 0 Å². The average molecular weight is 271 g/mol. The smallest absolute Gasteiger partial charge is 0.312 e. The Morgan fingerprint density at radius 1 is 1.37 bits per heavy atom. The fraction of sp³-hybridized carbons (Fsp3) is 0.571. The van der Waals surface area contributed by atoms with Crippen molar-refractivity contribution in [1.82, 2.24) is 4.90 Å². The Labute approximate surface area is 112 Å². The van der Waals surface area contributed by atoms with Gasteiger partial charge in [-0.1, -0.05) is 30.3 Å². The summed E-state index contributed by atoms with van der Waals surface area (Å²) < 4.78 is 39.5. The summed E-state index contributed by atoms with van der Waals surface area (Å²) in [6, 6.07) is 7.71. The summed E-state index contributed by atoms with van der Waals surface area (Å²) in [6.45, 7) is 3.22. The van der Waals surface area contributed by atoms with Crippen molar-refractivity contribution in [3.05, 3.63) is 35.9 Å². The minimum absolute atomic E-state index is 0.0273. The first-order valence-electron chi connectivity index (χ1n) is 6.37. The van der Waals surface area contributed by atoms with Crippen LogP contribution >= 0.6 is 0 Å². The van der Waals surface area contributed by atoms with Gasteiger partial charge in [0.05, 0.1) is 13.2 Å². The van der Waals surface area contributed by atoms with Crippen LogP contribution in [-0.2, 0) is 15.4 Å². The summed E-state index contributed by atoms with van der Waals surface area (Å²) in [5.41, 5.74) is -0.0273. The molecule has 1 heterocycles. The second kappa shape index (κ2) is 5.94. The molecule has 106 valence electrons. The Morgan fingerprint density at radius 3 is 2.63 bits per heavy atom. The van der Waals surface area contributed by atoms with Crippen molar-refractivity contribution >= 4 is 0 Å². The molecule has 0 aliphatic carbocycles. The second-order valence-corrected chi connectivity index (χ2v) is 4.74. The van der Waals surface area contributed by atoms with Crippen molar-refractivity contribution in [1.29, 1.82) is 0 Å². The highest BCUT2D eigenvalue weighted by Crippen LogP contribution is 2.36. The molecule has 0 aromatic heterocycles. The van der Waals surface area contributed by atoms with E-state index in [1.54, 1.807) is 23.1 Å². The van der Waals surface area contributed by atoms with Crippen LogP contribution in [0.3, 0.4) is 0 Å². The molecule has 1 aliphatic heterocycles. The normalized spacial score (nSPS) is 23.3. The maximum absolute atomic E-state index is 14.6. The number of nitrogens with zero attached hydrogens (tertiary/aromatic N) is 1. The molecule has 1 fully saturated rings. The lowest BCUT2D eigenvalue weighted by Gasteiger charge is -2.41. The molecular formula is C14H19F2NO2. The standard InChI is InChI=1S/C14H19F2NO2/c1-11-10-19-9-8-17(11)13(18-2)14(15,16)12-6-4-3-5-7-12/h3-7,11,13H,8-10H2,1-2H3/t11-,13?/m0/s1. The minimum Gasteiger partial charge on any atom is -0.379 e. The van der Waals surface area contributed by atoms with E-state index < -0.39 is 12.2 Å². The quantitative estimate of drug-likeness (QED) is 0.839. The molecule has 2 atom stereocenters. The molecule has 0 bridgehead atoms. The van der Waals surface area contributed by atoms with E-state index in [1.807, 2.05) is 6.92 Å². The number of methoxy groups -OCH3 is 1. The van der Waals surface area contributed by atoms with Crippen molar-refractivity contribution in [3.63, 3.8) is 0 Å². The summed E-state index contributed by atoms with van der Waals surface area (Å²) in [5.74, 6) is -3.05. The molecule has 0 radical (unpaired) electrons. The molecule has 1 aliphatic rings. The molecule has 19 heavy (non-hydrogen) atoms. The van der Waals surface area contributed by atoms with Gasteiger partial charge in [-0.2, -0.15) is 8.78 Å². The Kier molecular flexibility index (Phi) is 4.50. The van der Waals surface area contributed by atoms with Crippen LogP contribution in [0.4, 0.5) is 8.78 Å². The zero-order valence-electron chi connectivity index (χ0n) is 11.2.